The standard InChI is InChI=1S/C18H19N2O/c1-3-4-8-19(2)14-16-11-17(13-18(21)12-16)15-20-9-6-5-7-10-20/h3-13H,1-2,14-15H2/q+1/p+1/b8-4-. The SMILES string of the molecule is C=C/C=C\[N+](=C)Cc1cc(O)cc(C[n+]2ccccc2)c1. The molecule has 2 rings (SSSR count). The maximum atomic E-state index is 9.88. The van der Waals surface area contributed by atoms with Gasteiger partial charge >= 0.3 is 0 Å². The number of rotatable bonds is 6. The number of phenols is 1. The Morgan fingerprint density at radius 2 is 1.81 bits per heavy atom. The second kappa shape index (κ2) is 7.20. The quantitative estimate of drug-likeness (QED) is 0.491. The molecule has 0 amide bonds. The lowest BCUT2D eigenvalue weighted by molar-refractivity contribution is -0.688. The summed E-state index contributed by atoms with van der Waals surface area (Å²) in [6.07, 6.45) is 9.39. The van der Waals surface area contributed by atoms with E-state index in [1.807, 2.05) is 42.9 Å². The van der Waals surface area contributed by atoms with Crippen molar-refractivity contribution in [3.63, 3.8) is 0 Å². The van der Waals surface area contributed by atoms with Crippen molar-refractivity contribution >= 4 is 6.72 Å². The van der Waals surface area contributed by atoms with Crippen molar-refractivity contribution in [2.24, 2.45) is 0 Å². The highest BCUT2D eigenvalue weighted by molar-refractivity contribution is 5.33. The van der Waals surface area contributed by atoms with Crippen molar-refractivity contribution in [3.8, 4) is 5.75 Å². The fraction of sp³-hybridized carbons (Fsp3) is 0.111. The molecule has 0 spiro atoms. The van der Waals surface area contributed by atoms with Crippen LogP contribution in [0.5, 0.6) is 5.75 Å². The molecule has 21 heavy (non-hydrogen) atoms. The van der Waals surface area contributed by atoms with E-state index >= 15 is 0 Å². The van der Waals surface area contributed by atoms with Gasteiger partial charge in [0.25, 0.3) is 0 Å². The molecule has 0 radical (unpaired) electrons. The van der Waals surface area contributed by atoms with Crippen LogP contribution in [0.2, 0.25) is 0 Å². The summed E-state index contributed by atoms with van der Waals surface area (Å²) in [6, 6.07) is 11.6. The van der Waals surface area contributed by atoms with E-state index in [0.29, 0.717) is 6.54 Å². The summed E-state index contributed by atoms with van der Waals surface area (Å²) in [4.78, 5) is 0. The van der Waals surface area contributed by atoms with Crippen LogP contribution in [0.3, 0.4) is 0 Å². The zero-order valence-electron chi connectivity index (χ0n) is 12.0. The van der Waals surface area contributed by atoms with Gasteiger partial charge in [0.05, 0.1) is 0 Å². The first-order chi connectivity index (χ1) is 10.2. The van der Waals surface area contributed by atoms with Crippen LogP contribution in [-0.4, -0.2) is 16.4 Å². The predicted molar refractivity (Wildman–Crippen MR) is 84.3 cm³/mol. The normalized spacial score (nSPS) is 10.7. The van der Waals surface area contributed by atoms with Gasteiger partial charge in [-0.1, -0.05) is 18.7 Å². The molecule has 0 atom stereocenters. The van der Waals surface area contributed by atoms with Crippen molar-refractivity contribution in [1.82, 2.24) is 0 Å². The maximum Gasteiger partial charge on any atom is 0.173 e. The number of phenolic OH excluding ortho intramolecular Hbond substituents is 1. The van der Waals surface area contributed by atoms with Crippen LogP contribution in [-0.2, 0) is 13.1 Å². The predicted octanol–water partition coefficient (Wildman–Crippen LogP) is 2.64. The Labute approximate surface area is 125 Å². The number of allylic oxidation sites excluding steroid dienone is 2. The molecule has 1 heterocycles. The fourth-order valence-corrected chi connectivity index (χ4v) is 2.15. The van der Waals surface area contributed by atoms with Crippen LogP contribution in [0, 0.1) is 0 Å². The van der Waals surface area contributed by atoms with Crippen LogP contribution in [0.15, 0.2) is 73.7 Å². The molecule has 0 saturated heterocycles. The number of aromatic hydroxyl groups is 1. The molecule has 1 aromatic heterocycles. The zero-order chi connectivity index (χ0) is 15.1. The van der Waals surface area contributed by atoms with E-state index in [1.54, 1.807) is 22.8 Å². The Morgan fingerprint density at radius 1 is 1.10 bits per heavy atom. The van der Waals surface area contributed by atoms with Crippen molar-refractivity contribution < 1.29 is 14.2 Å². The third-order valence-corrected chi connectivity index (χ3v) is 3.00. The molecular formula is C18H20N2O+2. The number of pyridine rings is 1. The maximum absolute atomic E-state index is 9.88. The highest BCUT2D eigenvalue weighted by Gasteiger charge is 2.08. The average molecular weight is 280 g/mol. The summed E-state index contributed by atoms with van der Waals surface area (Å²) < 4.78 is 3.87. The Balaban J connectivity index is 2.15. The van der Waals surface area contributed by atoms with Crippen molar-refractivity contribution in [3.05, 3.63) is 84.8 Å². The van der Waals surface area contributed by atoms with Gasteiger partial charge in [-0.25, -0.2) is 9.14 Å². The van der Waals surface area contributed by atoms with Gasteiger partial charge in [-0.3, -0.25) is 0 Å². The molecule has 0 fully saturated rings. The molecule has 1 aromatic carbocycles. The first-order valence-electron chi connectivity index (χ1n) is 6.79. The summed E-state index contributed by atoms with van der Waals surface area (Å²) >= 11 is 0. The monoisotopic (exact) mass is 280 g/mol. The third-order valence-electron chi connectivity index (χ3n) is 3.00. The highest BCUT2D eigenvalue weighted by atomic mass is 16.3. The topological polar surface area (TPSA) is 27.1 Å². The minimum Gasteiger partial charge on any atom is -0.508 e. The first-order valence-corrected chi connectivity index (χ1v) is 6.79. The zero-order valence-corrected chi connectivity index (χ0v) is 12.0. The van der Waals surface area contributed by atoms with Gasteiger partial charge < -0.3 is 5.11 Å². The average Bonchev–Trinajstić information content (AvgIpc) is 2.45. The number of aromatic nitrogens is 1. The van der Waals surface area contributed by atoms with Gasteiger partial charge in [0.15, 0.2) is 31.7 Å². The van der Waals surface area contributed by atoms with Crippen LogP contribution in [0.4, 0.5) is 0 Å². The minimum atomic E-state index is 0.278. The minimum absolute atomic E-state index is 0.278. The Morgan fingerprint density at radius 3 is 2.52 bits per heavy atom. The highest BCUT2D eigenvalue weighted by Crippen LogP contribution is 2.16. The van der Waals surface area contributed by atoms with Gasteiger partial charge in [-0.2, -0.15) is 0 Å². The third kappa shape index (κ3) is 4.73. The van der Waals surface area contributed by atoms with E-state index in [4.69, 9.17) is 0 Å². The fourth-order valence-electron chi connectivity index (χ4n) is 2.15. The lowest BCUT2D eigenvalue weighted by atomic mass is 10.1. The second-order valence-corrected chi connectivity index (χ2v) is 4.88. The molecule has 0 bridgehead atoms. The lowest BCUT2D eigenvalue weighted by Gasteiger charge is -2.03. The van der Waals surface area contributed by atoms with Crippen LogP contribution < -0.4 is 4.57 Å². The first kappa shape index (κ1) is 14.7. The van der Waals surface area contributed by atoms with E-state index in [1.165, 1.54) is 0 Å². The van der Waals surface area contributed by atoms with Gasteiger partial charge in [-0.05, 0) is 18.2 Å². The number of hydrogen-bond acceptors (Lipinski definition) is 1. The molecule has 106 valence electrons. The van der Waals surface area contributed by atoms with Gasteiger partial charge in [0.1, 0.15) is 12.5 Å². The summed E-state index contributed by atoms with van der Waals surface area (Å²) in [7, 11) is 0. The Bertz CT molecular complexity index is 660. The molecule has 1 N–H and O–H groups in total. The van der Waals surface area contributed by atoms with E-state index in [2.05, 4.69) is 23.9 Å². The largest absolute Gasteiger partial charge is 0.508 e. The summed E-state index contributed by atoms with van der Waals surface area (Å²) in [5, 5.41) is 9.88. The van der Waals surface area contributed by atoms with Gasteiger partial charge in [0.2, 0.25) is 0 Å². The molecule has 3 nitrogen and oxygen atoms in total. The van der Waals surface area contributed by atoms with E-state index in [-0.39, 0.29) is 5.75 Å². The molecule has 2 aromatic rings. The van der Waals surface area contributed by atoms with E-state index in [0.717, 1.165) is 17.7 Å². The van der Waals surface area contributed by atoms with Crippen molar-refractivity contribution in [2.45, 2.75) is 13.1 Å². The van der Waals surface area contributed by atoms with E-state index < -0.39 is 0 Å². The van der Waals surface area contributed by atoms with Gasteiger partial charge in [-0.15, -0.1) is 0 Å². The van der Waals surface area contributed by atoms with Crippen LogP contribution in [0.1, 0.15) is 11.1 Å². The van der Waals surface area contributed by atoms with Crippen molar-refractivity contribution in [1.29, 1.82) is 0 Å². The second-order valence-electron chi connectivity index (χ2n) is 4.88. The molecule has 0 aliphatic carbocycles. The number of nitrogens with zero attached hydrogens (tertiary/aromatic N) is 2. The van der Waals surface area contributed by atoms with E-state index in [9.17, 15) is 5.11 Å². The van der Waals surface area contributed by atoms with Gasteiger partial charge in [0, 0.05) is 29.3 Å². The summed E-state index contributed by atoms with van der Waals surface area (Å²) in [5.41, 5.74) is 2.08. The molecule has 0 saturated carbocycles. The molecule has 3 heteroatoms. The van der Waals surface area contributed by atoms with Crippen LogP contribution >= 0.6 is 0 Å². The Kier molecular flexibility index (Phi) is 5.04. The number of hydrogen-bond donors (Lipinski definition) is 1. The number of benzene rings is 1. The Hall–Kier alpha value is -2.68. The van der Waals surface area contributed by atoms with Crippen molar-refractivity contribution in [2.75, 3.05) is 0 Å². The van der Waals surface area contributed by atoms with Crippen LogP contribution in [0.25, 0.3) is 0 Å². The lowest BCUT2D eigenvalue weighted by Crippen LogP contribution is -2.32. The molecular weight excluding hydrogens is 260 g/mol. The summed E-state index contributed by atoms with van der Waals surface area (Å²) in [6.45, 7) is 8.91. The summed E-state index contributed by atoms with van der Waals surface area (Å²) in [5.74, 6) is 0.278. The molecule has 0 aliphatic rings. The molecule has 0 aliphatic heterocycles. The smallest absolute Gasteiger partial charge is 0.173 e. The molecule has 0 unspecified atom stereocenters.